The molecule has 2 saturated heterocycles. The number of benzene rings is 2. The first-order valence-electron chi connectivity index (χ1n) is 23.9. The number of rotatable bonds is 29. The van der Waals surface area contributed by atoms with Crippen molar-refractivity contribution in [1.29, 1.82) is 0 Å². The molecule has 4 aliphatic heterocycles. The molecule has 26 heteroatoms. The van der Waals surface area contributed by atoms with E-state index in [1.165, 1.54) is 0 Å². The molecule has 0 radical (unpaired) electrons. The quantitative estimate of drug-likeness (QED) is 0.0499. The molecule has 390 valence electrons. The Bertz CT molecular complexity index is 2560. The van der Waals surface area contributed by atoms with Crippen LogP contribution in [0.25, 0.3) is 11.1 Å². The van der Waals surface area contributed by atoms with Crippen LogP contribution in [0.5, 0.6) is 0 Å². The monoisotopic (exact) mass is 1040 g/mol. The van der Waals surface area contributed by atoms with E-state index in [1.807, 2.05) is 12.4 Å². The fraction of sp³-hybridized carbons (Fsp3) is 0.565. The molecule has 4 amide bonds. The van der Waals surface area contributed by atoms with E-state index in [2.05, 4.69) is 30.4 Å². The number of imide groups is 2. The Morgan fingerprint density at radius 2 is 0.736 bits per heavy atom. The van der Waals surface area contributed by atoms with Crippen molar-refractivity contribution < 1.29 is 64.4 Å². The number of carbonyl (C=O) groups is 4. The maximum atomic E-state index is 13.4. The lowest BCUT2D eigenvalue weighted by molar-refractivity contribution is 0.00957. The highest BCUT2D eigenvalue weighted by atomic mass is 32.2. The van der Waals surface area contributed by atoms with Crippen LogP contribution in [0, 0.1) is 0 Å². The zero-order valence-corrected chi connectivity index (χ0v) is 41.6. The van der Waals surface area contributed by atoms with Gasteiger partial charge in [0.25, 0.3) is 23.6 Å². The summed E-state index contributed by atoms with van der Waals surface area (Å²) in [5.74, 6) is -1.09. The van der Waals surface area contributed by atoms with Gasteiger partial charge in [0, 0.05) is 51.7 Å². The van der Waals surface area contributed by atoms with Gasteiger partial charge in [0.2, 0.25) is 0 Å². The van der Waals surface area contributed by atoms with Gasteiger partial charge in [0.15, 0.2) is 19.7 Å². The number of nitrogens with zero attached hydrogens (tertiary/aromatic N) is 10. The van der Waals surface area contributed by atoms with Crippen LogP contribution in [0.2, 0.25) is 0 Å². The second-order valence-electron chi connectivity index (χ2n) is 17.5. The zero-order valence-electron chi connectivity index (χ0n) is 40.0. The van der Waals surface area contributed by atoms with E-state index in [4.69, 9.17) is 28.4 Å². The number of amides is 4. The second kappa shape index (κ2) is 25.0. The number of fused-ring (bicyclic) bond motifs is 2. The fourth-order valence-electron chi connectivity index (χ4n) is 8.37. The predicted octanol–water partition coefficient (Wildman–Crippen LogP) is -0.311. The third-order valence-corrected chi connectivity index (χ3v) is 15.6. The lowest BCUT2D eigenvalue weighted by Gasteiger charge is -2.25. The van der Waals surface area contributed by atoms with Crippen molar-refractivity contribution >= 4 is 43.3 Å². The molecule has 0 unspecified atom stereocenters. The third-order valence-electron chi connectivity index (χ3n) is 12.4. The first-order valence-corrected chi connectivity index (χ1v) is 27.6. The summed E-state index contributed by atoms with van der Waals surface area (Å²) in [5.41, 5.74) is 3.80. The largest absolute Gasteiger partial charge is 0.377 e. The molecule has 0 aliphatic carbocycles. The maximum Gasteiger partial charge on any atom is 0.261 e. The average molecular weight is 1040 g/mol. The smallest absolute Gasteiger partial charge is 0.261 e. The highest BCUT2D eigenvalue weighted by Crippen LogP contribution is 2.32. The van der Waals surface area contributed by atoms with Gasteiger partial charge in [-0.25, -0.2) is 26.2 Å². The molecule has 0 bridgehead atoms. The Labute approximate surface area is 417 Å². The number of ether oxygens (including phenoxy) is 6. The normalized spacial score (nSPS) is 17.9. The maximum absolute atomic E-state index is 13.4. The zero-order chi connectivity index (χ0) is 50.5. The van der Waals surface area contributed by atoms with Gasteiger partial charge >= 0.3 is 0 Å². The van der Waals surface area contributed by atoms with Crippen LogP contribution in [0.1, 0.15) is 52.8 Å². The second-order valence-corrected chi connectivity index (χ2v) is 22.1. The van der Waals surface area contributed by atoms with Crippen molar-refractivity contribution in [2.75, 3.05) is 142 Å². The summed E-state index contributed by atoms with van der Waals surface area (Å²) >= 11 is 0. The summed E-state index contributed by atoms with van der Waals surface area (Å²) in [6, 6.07) is 9.85. The van der Waals surface area contributed by atoms with Crippen LogP contribution in [-0.2, 0) is 74.3 Å². The van der Waals surface area contributed by atoms with Gasteiger partial charge in [-0.2, -0.15) is 0 Å². The van der Waals surface area contributed by atoms with E-state index in [0.29, 0.717) is 116 Å². The summed E-state index contributed by atoms with van der Waals surface area (Å²) < 4.78 is 83.6. The molecule has 72 heavy (non-hydrogen) atoms. The van der Waals surface area contributed by atoms with Crippen molar-refractivity contribution in [3.63, 3.8) is 0 Å². The molecule has 4 aromatic rings. The Hall–Kier alpha value is -5.42. The Kier molecular flexibility index (Phi) is 18.4. The van der Waals surface area contributed by atoms with Crippen LogP contribution in [0.3, 0.4) is 0 Å². The molecule has 6 heterocycles. The molecule has 0 saturated carbocycles. The van der Waals surface area contributed by atoms with E-state index >= 15 is 0 Å². The van der Waals surface area contributed by atoms with Crippen LogP contribution in [0.4, 0.5) is 0 Å². The lowest BCUT2D eigenvalue weighted by Crippen LogP contribution is -2.39. The van der Waals surface area contributed by atoms with Gasteiger partial charge in [-0.05, 0) is 35.4 Å². The number of hydrogen-bond donors (Lipinski definition) is 0. The van der Waals surface area contributed by atoms with E-state index in [-0.39, 0.29) is 84.8 Å². The van der Waals surface area contributed by atoms with Gasteiger partial charge < -0.3 is 28.4 Å². The minimum Gasteiger partial charge on any atom is -0.377 e. The first kappa shape index (κ1) is 52.9. The Morgan fingerprint density at radius 3 is 1.10 bits per heavy atom. The molecule has 4 aliphatic rings. The SMILES string of the molecule is O=C1c2ccc(-c3ccc4c(c3)C(=O)N(CCOCCOCCOCCn3cc(CN5CCS(=O)(=O)CC5)nn3)C4=O)cc2C(=O)N1CCOCCOCCOCCn1cc(CN2CCS(=O)(=O)CC2)nn1. The predicted molar refractivity (Wildman–Crippen MR) is 255 cm³/mol. The molecule has 8 rings (SSSR count). The van der Waals surface area contributed by atoms with Crippen LogP contribution >= 0.6 is 0 Å². The van der Waals surface area contributed by atoms with Gasteiger partial charge in [-0.3, -0.25) is 38.8 Å². The highest BCUT2D eigenvalue weighted by molar-refractivity contribution is 7.91. The highest BCUT2D eigenvalue weighted by Gasteiger charge is 2.37. The van der Waals surface area contributed by atoms with Gasteiger partial charge in [0.05, 0.1) is 162 Å². The van der Waals surface area contributed by atoms with Crippen LogP contribution in [0.15, 0.2) is 48.8 Å². The fourth-order valence-corrected chi connectivity index (χ4v) is 10.9. The number of aromatic nitrogens is 6. The van der Waals surface area contributed by atoms with Gasteiger partial charge in [0.1, 0.15) is 0 Å². The van der Waals surface area contributed by atoms with Gasteiger partial charge in [-0.1, -0.05) is 22.6 Å². The average Bonchev–Trinajstić information content (AvgIpc) is 4.13. The van der Waals surface area contributed by atoms with E-state index in [1.54, 1.807) is 45.8 Å². The first-order chi connectivity index (χ1) is 34.8. The Morgan fingerprint density at radius 1 is 0.417 bits per heavy atom. The standard InChI is InChI=1S/C46H60N10O14S2/c57-43-39-3-1-35(29-41(39)45(59)55(43)7-15-67-19-23-69-21-17-65-13-5-53-33-37(47-49-53)31-51-9-25-71(61,62)26-10-51)36-2-4-40-42(30-36)46(60)56(44(40)58)8-16-68-20-24-70-22-18-66-14-6-54-34-38(48-50-54)32-52-11-27-72(63,64)28-12-52/h1-4,29-30,33-34H,5-28,31-32H2. The summed E-state index contributed by atoms with van der Waals surface area (Å²) in [4.78, 5) is 59.5. The number of sulfone groups is 2. The lowest BCUT2D eigenvalue weighted by atomic mass is 9.97. The molecular weight excluding hydrogens is 981 g/mol. The summed E-state index contributed by atoms with van der Waals surface area (Å²) in [5, 5.41) is 16.6. The molecular formula is C46H60N10O14S2. The van der Waals surface area contributed by atoms with Crippen molar-refractivity contribution in [3.05, 3.63) is 82.4 Å². The number of hydrogen-bond acceptors (Lipinski definition) is 20. The van der Waals surface area contributed by atoms with Crippen molar-refractivity contribution in [2.45, 2.75) is 26.2 Å². The third kappa shape index (κ3) is 14.4. The van der Waals surface area contributed by atoms with Crippen molar-refractivity contribution in [3.8, 4) is 11.1 Å². The summed E-state index contributed by atoms with van der Waals surface area (Å²) in [6.07, 6.45) is 3.66. The van der Waals surface area contributed by atoms with Gasteiger partial charge in [-0.15, -0.1) is 10.2 Å². The summed E-state index contributed by atoms with van der Waals surface area (Å²) in [7, 11) is -5.86. The minimum atomic E-state index is -2.93. The molecule has 2 aromatic carbocycles. The summed E-state index contributed by atoms with van der Waals surface area (Å²) in [6.45, 7) is 7.80. The Balaban J connectivity index is 0.657. The van der Waals surface area contributed by atoms with Crippen LogP contribution < -0.4 is 0 Å². The van der Waals surface area contributed by atoms with E-state index in [9.17, 15) is 36.0 Å². The molecule has 2 aromatic heterocycles. The van der Waals surface area contributed by atoms with Crippen molar-refractivity contribution in [1.82, 2.24) is 49.6 Å². The minimum absolute atomic E-state index is 0.0566. The molecule has 0 spiro atoms. The van der Waals surface area contributed by atoms with Crippen LogP contribution in [-0.4, -0.2) is 232 Å². The molecule has 0 N–H and O–H groups in total. The van der Waals surface area contributed by atoms with E-state index < -0.39 is 43.3 Å². The van der Waals surface area contributed by atoms with Crippen molar-refractivity contribution in [2.24, 2.45) is 0 Å². The number of carbonyl (C=O) groups excluding carboxylic acids is 4. The molecule has 2 fully saturated rings. The van der Waals surface area contributed by atoms with E-state index in [0.717, 1.165) is 21.2 Å². The molecule has 0 atom stereocenters. The molecule has 24 nitrogen and oxygen atoms in total. The topological polar surface area (TPSA) is 266 Å².